The second kappa shape index (κ2) is 4.03. The molecule has 0 saturated heterocycles. The third-order valence-corrected chi connectivity index (χ3v) is 2.61. The van der Waals surface area contributed by atoms with Crippen molar-refractivity contribution in [2.24, 2.45) is 5.73 Å². The van der Waals surface area contributed by atoms with Crippen molar-refractivity contribution in [3.8, 4) is 5.75 Å². The third-order valence-electron chi connectivity index (χ3n) is 2.61. The molecule has 0 aliphatic carbocycles. The Morgan fingerprint density at radius 1 is 1.35 bits per heavy atom. The Morgan fingerprint density at radius 2 is 2.12 bits per heavy atom. The summed E-state index contributed by atoms with van der Waals surface area (Å²) in [5, 5.41) is 9.18. The van der Waals surface area contributed by atoms with Gasteiger partial charge in [-0.15, -0.1) is 0 Å². The van der Waals surface area contributed by atoms with Gasteiger partial charge in [0.05, 0.1) is 17.4 Å². The second-order valence-electron chi connectivity index (χ2n) is 4.03. The summed E-state index contributed by atoms with van der Waals surface area (Å²) in [4.78, 5) is 18.0. The molecular weight excluding hydrogens is 218 g/mol. The van der Waals surface area contributed by atoms with Gasteiger partial charge in [-0.3, -0.25) is 9.78 Å². The summed E-state index contributed by atoms with van der Waals surface area (Å²) in [6.45, 7) is 1.75. The van der Waals surface area contributed by atoms with Crippen LogP contribution in [0, 0.1) is 0 Å². The van der Waals surface area contributed by atoms with Gasteiger partial charge in [0.2, 0.25) is 5.56 Å². The number of aromatic hydroxyl groups is 1. The summed E-state index contributed by atoms with van der Waals surface area (Å²) in [5.41, 5.74) is 6.18. The van der Waals surface area contributed by atoms with E-state index in [-0.39, 0.29) is 11.3 Å². The molecule has 0 aliphatic rings. The first-order valence-corrected chi connectivity index (χ1v) is 5.14. The quantitative estimate of drug-likeness (QED) is 0.709. The molecule has 4 N–H and O–H groups in total. The smallest absolute Gasteiger partial charge is 0.248 e. The van der Waals surface area contributed by atoms with Crippen molar-refractivity contribution < 1.29 is 5.11 Å². The number of nitrogens with one attached hydrogen (secondary N) is 1. The highest BCUT2D eigenvalue weighted by Crippen LogP contribution is 2.23. The van der Waals surface area contributed by atoms with Crippen LogP contribution in [0.15, 0.2) is 41.3 Å². The van der Waals surface area contributed by atoms with Crippen LogP contribution in [-0.2, 0) is 5.54 Å². The molecule has 0 fully saturated rings. The van der Waals surface area contributed by atoms with Gasteiger partial charge in [-0.1, -0.05) is 6.07 Å². The van der Waals surface area contributed by atoms with Crippen LogP contribution in [0.3, 0.4) is 0 Å². The maximum Gasteiger partial charge on any atom is 0.248 e. The topological polar surface area (TPSA) is 92.0 Å². The Morgan fingerprint density at radius 3 is 2.71 bits per heavy atom. The minimum atomic E-state index is -0.909. The zero-order valence-corrected chi connectivity index (χ0v) is 9.34. The van der Waals surface area contributed by atoms with Gasteiger partial charge in [-0.2, -0.15) is 0 Å². The van der Waals surface area contributed by atoms with Crippen LogP contribution in [0.2, 0.25) is 0 Å². The number of hydrogen-bond donors (Lipinski definition) is 3. The Kier molecular flexibility index (Phi) is 2.69. The van der Waals surface area contributed by atoms with Crippen LogP contribution in [0.5, 0.6) is 5.75 Å². The van der Waals surface area contributed by atoms with Gasteiger partial charge < -0.3 is 15.8 Å². The van der Waals surface area contributed by atoms with Gasteiger partial charge in [-0.25, -0.2) is 0 Å². The first-order valence-electron chi connectivity index (χ1n) is 5.14. The van der Waals surface area contributed by atoms with E-state index in [1.54, 1.807) is 25.1 Å². The Labute approximate surface area is 98.0 Å². The molecule has 0 aromatic carbocycles. The average Bonchev–Trinajstić information content (AvgIpc) is 2.29. The minimum Gasteiger partial charge on any atom is -0.506 e. The third kappa shape index (κ3) is 2.19. The molecule has 1 atom stereocenters. The highest BCUT2D eigenvalue weighted by atomic mass is 16.3. The molecule has 2 aromatic rings. The molecule has 17 heavy (non-hydrogen) atoms. The predicted molar refractivity (Wildman–Crippen MR) is 63.6 cm³/mol. The fourth-order valence-corrected chi connectivity index (χ4v) is 1.58. The number of rotatable bonds is 2. The molecular formula is C12H13N3O2. The number of aromatic amines is 1. The van der Waals surface area contributed by atoms with Gasteiger partial charge in [0.15, 0.2) is 0 Å². The van der Waals surface area contributed by atoms with Crippen molar-refractivity contribution >= 4 is 0 Å². The molecule has 2 rings (SSSR count). The van der Waals surface area contributed by atoms with E-state index in [0.717, 1.165) is 0 Å². The van der Waals surface area contributed by atoms with Crippen molar-refractivity contribution in [1.82, 2.24) is 9.97 Å². The summed E-state index contributed by atoms with van der Waals surface area (Å²) < 4.78 is 0. The van der Waals surface area contributed by atoms with E-state index in [1.807, 2.05) is 0 Å². The first-order chi connectivity index (χ1) is 8.00. The van der Waals surface area contributed by atoms with E-state index < -0.39 is 5.54 Å². The molecule has 88 valence electrons. The van der Waals surface area contributed by atoms with Crippen LogP contribution in [0.1, 0.15) is 18.3 Å². The van der Waals surface area contributed by atoms with E-state index in [1.165, 1.54) is 18.3 Å². The van der Waals surface area contributed by atoms with Crippen LogP contribution < -0.4 is 11.3 Å². The summed E-state index contributed by atoms with van der Waals surface area (Å²) in [7, 11) is 0. The lowest BCUT2D eigenvalue weighted by molar-refractivity contribution is 0.469. The van der Waals surface area contributed by atoms with Crippen molar-refractivity contribution in [2.45, 2.75) is 12.5 Å². The summed E-state index contributed by atoms with van der Waals surface area (Å²) in [6, 6.07) is 7.93. The number of pyridine rings is 2. The minimum absolute atomic E-state index is 0.0751. The number of nitrogens with zero attached hydrogens (tertiary/aromatic N) is 1. The van der Waals surface area contributed by atoms with Gasteiger partial charge in [0, 0.05) is 11.8 Å². The van der Waals surface area contributed by atoms with Gasteiger partial charge in [0.1, 0.15) is 5.75 Å². The number of hydrogen-bond acceptors (Lipinski definition) is 4. The molecule has 1 unspecified atom stereocenters. The lowest BCUT2D eigenvalue weighted by Gasteiger charge is -2.23. The van der Waals surface area contributed by atoms with Gasteiger partial charge >= 0.3 is 0 Å². The zero-order chi connectivity index (χ0) is 12.5. The summed E-state index contributed by atoms with van der Waals surface area (Å²) in [5.74, 6) is 0.0751. The Hall–Kier alpha value is -2.14. The van der Waals surface area contributed by atoms with Crippen LogP contribution in [0.25, 0.3) is 0 Å². The standard InChI is InChI=1S/C12H13N3O2/c1-12(13,9-6-5-8(16)7-14-9)10-3-2-4-11(17)15-10/h2-7,16H,13H2,1H3,(H,15,17). The van der Waals surface area contributed by atoms with E-state index in [2.05, 4.69) is 9.97 Å². The van der Waals surface area contributed by atoms with Crippen molar-refractivity contribution in [1.29, 1.82) is 0 Å². The lowest BCUT2D eigenvalue weighted by Crippen LogP contribution is -2.37. The monoisotopic (exact) mass is 231 g/mol. The van der Waals surface area contributed by atoms with Crippen LogP contribution >= 0.6 is 0 Å². The summed E-state index contributed by atoms with van der Waals surface area (Å²) in [6.07, 6.45) is 1.32. The van der Waals surface area contributed by atoms with Crippen molar-refractivity contribution in [3.05, 3.63) is 58.3 Å². The first kappa shape index (κ1) is 11.3. The van der Waals surface area contributed by atoms with Crippen molar-refractivity contribution in [2.75, 3.05) is 0 Å². The second-order valence-corrected chi connectivity index (χ2v) is 4.03. The Bertz CT molecular complexity index is 573. The largest absolute Gasteiger partial charge is 0.506 e. The van der Waals surface area contributed by atoms with Gasteiger partial charge in [0.25, 0.3) is 0 Å². The van der Waals surface area contributed by atoms with Crippen molar-refractivity contribution in [3.63, 3.8) is 0 Å². The van der Waals surface area contributed by atoms with E-state index in [0.29, 0.717) is 11.4 Å². The zero-order valence-electron chi connectivity index (χ0n) is 9.34. The maximum absolute atomic E-state index is 11.3. The molecule has 2 heterocycles. The average molecular weight is 231 g/mol. The van der Waals surface area contributed by atoms with Gasteiger partial charge in [-0.05, 0) is 25.1 Å². The normalized spacial score (nSPS) is 14.2. The number of H-pyrrole nitrogens is 1. The fraction of sp³-hybridized carbons (Fsp3) is 0.167. The van der Waals surface area contributed by atoms with E-state index in [4.69, 9.17) is 5.73 Å². The summed E-state index contributed by atoms with van der Waals surface area (Å²) >= 11 is 0. The molecule has 0 amide bonds. The molecule has 2 aromatic heterocycles. The highest BCUT2D eigenvalue weighted by molar-refractivity contribution is 5.30. The van der Waals surface area contributed by atoms with E-state index >= 15 is 0 Å². The fourth-order valence-electron chi connectivity index (χ4n) is 1.58. The highest BCUT2D eigenvalue weighted by Gasteiger charge is 2.26. The molecule has 0 aliphatic heterocycles. The predicted octanol–water partition coefficient (Wildman–Crippen LogP) is 0.698. The SMILES string of the molecule is CC(N)(c1ccc(O)cn1)c1cccc(=O)[nH]1. The Balaban J connectivity index is 2.49. The molecule has 0 radical (unpaired) electrons. The number of nitrogens with two attached hydrogens (primary N) is 1. The molecule has 5 nitrogen and oxygen atoms in total. The molecule has 5 heteroatoms. The van der Waals surface area contributed by atoms with Crippen LogP contribution in [-0.4, -0.2) is 15.1 Å². The molecule has 0 saturated carbocycles. The lowest BCUT2D eigenvalue weighted by atomic mass is 9.94. The molecule has 0 spiro atoms. The molecule has 0 bridgehead atoms. The maximum atomic E-state index is 11.3. The van der Waals surface area contributed by atoms with E-state index in [9.17, 15) is 9.90 Å². The number of aromatic nitrogens is 2. The van der Waals surface area contributed by atoms with Crippen LogP contribution in [0.4, 0.5) is 0 Å².